The Balaban J connectivity index is 1.33. The lowest BCUT2D eigenvalue weighted by Crippen LogP contribution is -2.39. The fourth-order valence-corrected chi connectivity index (χ4v) is 4.54. The molecule has 8 heteroatoms. The number of fused-ring (bicyclic) bond motifs is 1. The number of piperidine rings is 1. The van der Waals surface area contributed by atoms with Crippen molar-refractivity contribution >= 4 is 15.8 Å². The van der Waals surface area contributed by atoms with E-state index in [-0.39, 0.29) is 4.90 Å². The van der Waals surface area contributed by atoms with E-state index < -0.39 is 10.0 Å². The zero-order chi connectivity index (χ0) is 18.7. The molecule has 1 N–H and O–H groups in total. The van der Waals surface area contributed by atoms with Crippen LogP contribution in [-0.2, 0) is 10.0 Å². The van der Waals surface area contributed by atoms with E-state index in [4.69, 9.17) is 9.47 Å². The van der Waals surface area contributed by atoms with Crippen molar-refractivity contribution in [2.24, 2.45) is 5.92 Å². The van der Waals surface area contributed by atoms with Crippen LogP contribution in [0.3, 0.4) is 0 Å². The standard InChI is InChI=1S/C19H23N3O4S/c23-27(24,16-4-5-17-18(13-16)26-12-11-25-17)21-14-15-6-9-22(10-7-15)19-3-1-2-8-20-19/h1-5,8,13,15,21H,6-7,9-12,14H2. The van der Waals surface area contributed by atoms with E-state index in [1.54, 1.807) is 18.3 Å². The number of nitrogens with one attached hydrogen (secondary N) is 1. The summed E-state index contributed by atoms with van der Waals surface area (Å²) in [5.74, 6) is 2.36. The Morgan fingerprint density at radius 2 is 1.85 bits per heavy atom. The second-order valence-corrected chi connectivity index (χ2v) is 8.54. The van der Waals surface area contributed by atoms with Gasteiger partial charge in [-0.1, -0.05) is 6.07 Å². The summed E-state index contributed by atoms with van der Waals surface area (Å²) < 4.78 is 38.9. The topological polar surface area (TPSA) is 80.8 Å². The van der Waals surface area contributed by atoms with E-state index >= 15 is 0 Å². The van der Waals surface area contributed by atoms with Crippen molar-refractivity contribution < 1.29 is 17.9 Å². The minimum Gasteiger partial charge on any atom is -0.486 e. The highest BCUT2D eigenvalue weighted by Crippen LogP contribution is 2.32. The molecule has 7 nitrogen and oxygen atoms in total. The number of rotatable bonds is 5. The second-order valence-electron chi connectivity index (χ2n) is 6.78. The number of ether oxygens (including phenoxy) is 2. The lowest BCUT2D eigenvalue weighted by atomic mass is 9.97. The van der Waals surface area contributed by atoms with Crippen LogP contribution in [0.4, 0.5) is 5.82 Å². The first-order valence-corrected chi connectivity index (χ1v) is 10.7. The van der Waals surface area contributed by atoms with Crippen LogP contribution in [0.5, 0.6) is 11.5 Å². The molecule has 0 radical (unpaired) electrons. The molecule has 1 fully saturated rings. The molecule has 1 aromatic heterocycles. The quantitative estimate of drug-likeness (QED) is 0.843. The minimum absolute atomic E-state index is 0.206. The van der Waals surface area contributed by atoms with Crippen LogP contribution in [0.25, 0.3) is 0 Å². The highest BCUT2D eigenvalue weighted by atomic mass is 32.2. The molecule has 1 saturated heterocycles. The predicted molar refractivity (Wildman–Crippen MR) is 102 cm³/mol. The number of aromatic nitrogens is 1. The normalized spacial score (nSPS) is 17.7. The average Bonchev–Trinajstić information content (AvgIpc) is 2.73. The zero-order valence-corrected chi connectivity index (χ0v) is 15.8. The minimum atomic E-state index is -3.57. The van der Waals surface area contributed by atoms with Crippen LogP contribution in [0.2, 0.25) is 0 Å². The Bertz CT molecular complexity index is 881. The predicted octanol–water partition coefficient (Wildman–Crippen LogP) is 2.05. The van der Waals surface area contributed by atoms with Crippen LogP contribution in [-0.4, -0.2) is 46.2 Å². The fourth-order valence-electron chi connectivity index (χ4n) is 3.41. The zero-order valence-electron chi connectivity index (χ0n) is 15.0. The Labute approximate surface area is 159 Å². The van der Waals surface area contributed by atoms with Gasteiger partial charge in [-0.15, -0.1) is 0 Å². The molecule has 2 aliphatic heterocycles. The van der Waals surface area contributed by atoms with Gasteiger partial charge in [0.2, 0.25) is 10.0 Å². The monoisotopic (exact) mass is 389 g/mol. The van der Waals surface area contributed by atoms with Gasteiger partial charge in [0.25, 0.3) is 0 Å². The molecule has 0 amide bonds. The SMILES string of the molecule is O=S(=O)(NCC1CCN(c2ccccn2)CC1)c1ccc2c(c1)OCCO2. The summed E-state index contributed by atoms with van der Waals surface area (Å²) in [6.07, 6.45) is 3.66. The number of nitrogens with zero attached hydrogens (tertiary/aromatic N) is 2. The second kappa shape index (κ2) is 7.74. The number of anilines is 1. The molecule has 0 bridgehead atoms. The van der Waals surface area contributed by atoms with Crippen LogP contribution in [0, 0.1) is 5.92 Å². The molecule has 1 aromatic carbocycles. The third kappa shape index (κ3) is 4.17. The van der Waals surface area contributed by atoms with Crippen molar-refractivity contribution in [2.45, 2.75) is 17.7 Å². The van der Waals surface area contributed by atoms with E-state index in [1.807, 2.05) is 18.2 Å². The molecule has 2 aliphatic rings. The number of sulfonamides is 1. The number of benzene rings is 1. The van der Waals surface area contributed by atoms with Crippen molar-refractivity contribution in [3.8, 4) is 11.5 Å². The summed E-state index contributed by atoms with van der Waals surface area (Å²) in [5.41, 5.74) is 0. The maximum absolute atomic E-state index is 12.6. The third-order valence-corrected chi connectivity index (χ3v) is 6.40. The molecule has 144 valence electrons. The first-order valence-electron chi connectivity index (χ1n) is 9.17. The smallest absolute Gasteiger partial charge is 0.240 e. The molecule has 0 unspecified atom stereocenters. The highest BCUT2D eigenvalue weighted by Gasteiger charge is 2.24. The summed E-state index contributed by atoms with van der Waals surface area (Å²) in [5, 5.41) is 0. The molecule has 2 aromatic rings. The van der Waals surface area contributed by atoms with Gasteiger partial charge in [0.05, 0.1) is 4.90 Å². The van der Waals surface area contributed by atoms with Gasteiger partial charge in [-0.3, -0.25) is 0 Å². The fraction of sp³-hybridized carbons (Fsp3) is 0.421. The van der Waals surface area contributed by atoms with Gasteiger partial charge in [-0.2, -0.15) is 0 Å². The van der Waals surface area contributed by atoms with E-state index in [2.05, 4.69) is 14.6 Å². The van der Waals surface area contributed by atoms with Crippen molar-refractivity contribution in [1.82, 2.24) is 9.71 Å². The summed E-state index contributed by atoms with van der Waals surface area (Å²) >= 11 is 0. The van der Waals surface area contributed by atoms with Gasteiger partial charge in [0.15, 0.2) is 11.5 Å². The Hall–Kier alpha value is -2.32. The van der Waals surface area contributed by atoms with Crippen LogP contribution < -0.4 is 19.1 Å². The molecule has 4 rings (SSSR count). The Kier molecular flexibility index (Phi) is 5.18. The van der Waals surface area contributed by atoms with E-state index in [0.29, 0.717) is 37.2 Å². The van der Waals surface area contributed by atoms with Gasteiger partial charge in [-0.05, 0) is 43.0 Å². The maximum Gasteiger partial charge on any atom is 0.240 e. The Morgan fingerprint density at radius 3 is 2.59 bits per heavy atom. The van der Waals surface area contributed by atoms with Gasteiger partial charge >= 0.3 is 0 Å². The van der Waals surface area contributed by atoms with E-state index in [1.165, 1.54) is 6.07 Å². The number of hydrogen-bond acceptors (Lipinski definition) is 6. The molecule has 0 saturated carbocycles. The average molecular weight is 389 g/mol. The first-order chi connectivity index (χ1) is 13.1. The highest BCUT2D eigenvalue weighted by molar-refractivity contribution is 7.89. The molecular weight excluding hydrogens is 366 g/mol. The lowest BCUT2D eigenvalue weighted by Gasteiger charge is -2.32. The third-order valence-electron chi connectivity index (χ3n) is 4.97. The largest absolute Gasteiger partial charge is 0.486 e. The molecule has 3 heterocycles. The summed E-state index contributed by atoms with van der Waals surface area (Å²) in [6.45, 7) is 3.11. The molecule has 0 spiro atoms. The van der Waals surface area contributed by atoms with Crippen molar-refractivity contribution in [3.05, 3.63) is 42.6 Å². The van der Waals surface area contributed by atoms with E-state index in [9.17, 15) is 8.42 Å². The van der Waals surface area contributed by atoms with Crippen LogP contribution >= 0.6 is 0 Å². The molecule has 0 aliphatic carbocycles. The maximum atomic E-state index is 12.6. The first kappa shape index (κ1) is 18.1. The van der Waals surface area contributed by atoms with Gasteiger partial charge in [-0.25, -0.2) is 18.1 Å². The lowest BCUT2D eigenvalue weighted by molar-refractivity contribution is 0.171. The summed E-state index contributed by atoms with van der Waals surface area (Å²) in [7, 11) is -3.57. The van der Waals surface area contributed by atoms with Gasteiger partial charge in [0, 0.05) is 31.9 Å². The van der Waals surface area contributed by atoms with Crippen molar-refractivity contribution in [2.75, 3.05) is 37.7 Å². The van der Waals surface area contributed by atoms with Crippen LogP contribution in [0.15, 0.2) is 47.5 Å². The molecule has 0 atom stereocenters. The summed E-state index contributed by atoms with van der Waals surface area (Å²) in [6, 6.07) is 10.6. The number of hydrogen-bond donors (Lipinski definition) is 1. The Morgan fingerprint density at radius 1 is 1.07 bits per heavy atom. The van der Waals surface area contributed by atoms with E-state index in [0.717, 1.165) is 31.7 Å². The summed E-state index contributed by atoms with van der Waals surface area (Å²) in [4.78, 5) is 6.83. The molecular formula is C19H23N3O4S. The van der Waals surface area contributed by atoms with Gasteiger partial charge in [0.1, 0.15) is 19.0 Å². The number of pyridine rings is 1. The van der Waals surface area contributed by atoms with Crippen LogP contribution in [0.1, 0.15) is 12.8 Å². The van der Waals surface area contributed by atoms with Gasteiger partial charge < -0.3 is 14.4 Å². The molecule has 27 heavy (non-hydrogen) atoms. The van der Waals surface area contributed by atoms with Crippen molar-refractivity contribution in [3.63, 3.8) is 0 Å². The van der Waals surface area contributed by atoms with Crippen molar-refractivity contribution in [1.29, 1.82) is 0 Å².